The summed E-state index contributed by atoms with van der Waals surface area (Å²) in [5.74, 6) is -1.29. The van der Waals surface area contributed by atoms with Crippen molar-refractivity contribution in [3.8, 4) is 0 Å². The fourth-order valence-electron chi connectivity index (χ4n) is 1.03. The van der Waals surface area contributed by atoms with Crippen molar-refractivity contribution >= 4 is 17.7 Å². The Morgan fingerprint density at radius 1 is 1.25 bits per heavy atom. The first-order valence-electron chi connectivity index (χ1n) is 4.59. The Morgan fingerprint density at radius 3 is 2.38 bits per heavy atom. The minimum atomic E-state index is -1.30. The van der Waals surface area contributed by atoms with Gasteiger partial charge in [-0.25, -0.2) is 9.59 Å². The van der Waals surface area contributed by atoms with Crippen molar-refractivity contribution in [3.63, 3.8) is 0 Å². The van der Waals surface area contributed by atoms with E-state index in [4.69, 9.17) is 10.2 Å². The van der Waals surface area contributed by atoms with E-state index < -0.39 is 24.6 Å². The molecule has 1 aromatic rings. The van der Waals surface area contributed by atoms with Gasteiger partial charge in [0.1, 0.15) is 0 Å². The number of carboxylic acid groups (broad SMARTS) is 1. The molecule has 6 nitrogen and oxygen atoms in total. The second-order valence-corrected chi connectivity index (χ2v) is 3.04. The van der Waals surface area contributed by atoms with Crippen LogP contribution in [0, 0.1) is 0 Å². The van der Waals surface area contributed by atoms with Gasteiger partial charge < -0.3 is 20.8 Å². The Hall–Kier alpha value is -2.08. The number of carboxylic acids is 1. The van der Waals surface area contributed by atoms with Gasteiger partial charge in [0.25, 0.3) is 0 Å². The summed E-state index contributed by atoms with van der Waals surface area (Å²) in [7, 11) is 0. The number of benzene rings is 1. The lowest BCUT2D eigenvalue weighted by Crippen LogP contribution is -2.45. The minimum Gasteiger partial charge on any atom is -0.480 e. The smallest absolute Gasteiger partial charge is 0.328 e. The molecular weight excluding hydrogens is 212 g/mol. The monoisotopic (exact) mass is 224 g/mol. The molecule has 0 heterocycles. The Bertz CT molecular complexity index is 366. The lowest BCUT2D eigenvalue weighted by molar-refractivity contribution is -0.140. The third-order valence-electron chi connectivity index (χ3n) is 1.82. The van der Waals surface area contributed by atoms with Crippen LogP contribution in [-0.4, -0.2) is 34.9 Å². The van der Waals surface area contributed by atoms with Crippen molar-refractivity contribution < 1.29 is 19.8 Å². The maximum atomic E-state index is 11.3. The molecule has 1 atom stereocenters. The molecule has 0 radical (unpaired) electrons. The summed E-state index contributed by atoms with van der Waals surface area (Å²) in [5, 5.41) is 21.8. The zero-order chi connectivity index (χ0) is 12.0. The average Bonchev–Trinajstić information content (AvgIpc) is 2.27. The molecule has 1 aromatic carbocycles. The van der Waals surface area contributed by atoms with Gasteiger partial charge >= 0.3 is 12.0 Å². The largest absolute Gasteiger partial charge is 0.480 e. The first-order valence-corrected chi connectivity index (χ1v) is 4.59. The molecular formula is C10H12N2O4. The van der Waals surface area contributed by atoms with Gasteiger partial charge in [-0.05, 0) is 12.1 Å². The lowest BCUT2D eigenvalue weighted by atomic mass is 10.3. The molecule has 0 bridgehead atoms. The van der Waals surface area contributed by atoms with Crippen molar-refractivity contribution in [1.82, 2.24) is 5.32 Å². The van der Waals surface area contributed by atoms with Crippen LogP contribution in [0.25, 0.3) is 0 Å². The average molecular weight is 224 g/mol. The maximum absolute atomic E-state index is 11.3. The summed E-state index contributed by atoms with van der Waals surface area (Å²) < 4.78 is 0. The summed E-state index contributed by atoms with van der Waals surface area (Å²) in [6, 6.07) is 6.60. The van der Waals surface area contributed by atoms with Crippen LogP contribution in [0.1, 0.15) is 0 Å². The van der Waals surface area contributed by atoms with E-state index in [-0.39, 0.29) is 0 Å². The van der Waals surface area contributed by atoms with E-state index >= 15 is 0 Å². The predicted molar refractivity (Wildman–Crippen MR) is 57.1 cm³/mol. The van der Waals surface area contributed by atoms with Crippen molar-refractivity contribution in [2.75, 3.05) is 11.9 Å². The van der Waals surface area contributed by atoms with Gasteiger partial charge in [0.2, 0.25) is 0 Å². The van der Waals surface area contributed by atoms with Crippen LogP contribution in [-0.2, 0) is 4.79 Å². The highest BCUT2D eigenvalue weighted by Crippen LogP contribution is 2.04. The highest BCUT2D eigenvalue weighted by Gasteiger charge is 2.18. The standard InChI is InChI=1S/C10H12N2O4/c13-6-8(9(14)15)12-10(16)11-7-4-2-1-3-5-7/h1-5,8,13H,6H2,(H,14,15)(H2,11,12,16). The number of aliphatic hydroxyl groups excluding tert-OH is 1. The number of urea groups is 1. The van der Waals surface area contributed by atoms with Gasteiger partial charge in [0, 0.05) is 5.69 Å². The van der Waals surface area contributed by atoms with Crippen LogP contribution in [0.4, 0.5) is 10.5 Å². The number of aliphatic hydroxyl groups is 1. The van der Waals surface area contributed by atoms with Gasteiger partial charge in [-0.2, -0.15) is 0 Å². The lowest BCUT2D eigenvalue weighted by Gasteiger charge is -2.12. The molecule has 6 heteroatoms. The molecule has 1 rings (SSSR count). The number of hydrogen-bond acceptors (Lipinski definition) is 3. The fourth-order valence-corrected chi connectivity index (χ4v) is 1.03. The number of rotatable bonds is 4. The van der Waals surface area contributed by atoms with Crippen molar-refractivity contribution in [2.24, 2.45) is 0 Å². The number of amides is 2. The highest BCUT2D eigenvalue weighted by molar-refractivity contribution is 5.92. The Labute approximate surface area is 91.9 Å². The number of anilines is 1. The van der Waals surface area contributed by atoms with Crippen LogP contribution in [0.2, 0.25) is 0 Å². The van der Waals surface area contributed by atoms with E-state index in [9.17, 15) is 9.59 Å². The molecule has 16 heavy (non-hydrogen) atoms. The molecule has 0 saturated carbocycles. The summed E-state index contributed by atoms with van der Waals surface area (Å²) >= 11 is 0. The van der Waals surface area contributed by atoms with Gasteiger partial charge in [-0.1, -0.05) is 18.2 Å². The number of hydrogen-bond donors (Lipinski definition) is 4. The number of carbonyl (C=O) groups excluding carboxylic acids is 1. The Kier molecular flexibility index (Phi) is 4.28. The molecule has 0 aliphatic carbocycles. The second-order valence-electron chi connectivity index (χ2n) is 3.04. The van der Waals surface area contributed by atoms with E-state index in [1.807, 2.05) is 0 Å². The van der Waals surface area contributed by atoms with Crippen molar-refractivity contribution in [1.29, 1.82) is 0 Å². The van der Waals surface area contributed by atoms with Crippen LogP contribution in [0.3, 0.4) is 0 Å². The molecule has 1 unspecified atom stereocenters. The summed E-state index contributed by atoms with van der Waals surface area (Å²) in [4.78, 5) is 21.8. The van der Waals surface area contributed by atoms with E-state index in [0.717, 1.165) is 0 Å². The Morgan fingerprint density at radius 2 is 1.88 bits per heavy atom. The van der Waals surface area contributed by atoms with Gasteiger partial charge in [0.05, 0.1) is 6.61 Å². The second kappa shape index (κ2) is 5.72. The van der Waals surface area contributed by atoms with Crippen LogP contribution >= 0.6 is 0 Å². The Balaban J connectivity index is 2.50. The van der Waals surface area contributed by atoms with E-state index in [1.54, 1.807) is 30.3 Å². The maximum Gasteiger partial charge on any atom is 0.328 e. The van der Waals surface area contributed by atoms with Gasteiger partial charge in [-0.3, -0.25) is 0 Å². The molecule has 0 aliphatic heterocycles. The molecule has 2 amide bonds. The summed E-state index contributed by atoms with van der Waals surface area (Å²) in [6.07, 6.45) is 0. The van der Waals surface area contributed by atoms with Crippen molar-refractivity contribution in [3.05, 3.63) is 30.3 Å². The molecule has 86 valence electrons. The van der Waals surface area contributed by atoms with Gasteiger partial charge in [-0.15, -0.1) is 0 Å². The van der Waals surface area contributed by atoms with E-state index in [2.05, 4.69) is 10.6 Å². The zero-order valence-corrected chi connectivity index (χ0v) is 8.38. The topological polar surface area (TPSA) is 98.7 Å². The molecule has 0 aromatic heterocycles. The predicted octanol–water partition coefficient (Wildman–Crippen LogP) is 0.254. The number of para-hydroxylation sites is 1. The molecule has 0 spiro atoms. The quantitative estimate of drug-likeness (QED) is 0.589. The summed E-state index contributed by atoms with van der Waals surface area (Å²) in [6.45, 7) is -0.655. The number of carbonyl (C=O) groups is 2. The third kappa shape index (κ3) is 3.58. The van der Waals surface area contributed by atoms with E-state index in [0.29, 0.717) is 5.69 Å². The molecule has 4 N–H and O–H groups in total. The van der Waals surface area contributed by atoms with Crippen molar-refractivity contribution in [2.45, 2.75) is 6.04 Å². The van der Waals surface area contributed by atoms with Crippen LogP contribution < -0.4 is 10.6 Å². The number of nitrogens with one attached hydrogen (secondary N) is 2. The summed E-state index contributed by atoms with van der Waals surface area (Å²) in [5.41, 5.74) is 0.544. The van der Waals surface area contributed by atoms with Crippen LogP contribution in [0.15, 0.2) is 30.3 Å². The first kappa shape index (κ1) is 12.0. The first-order chi connectivity index (χ1) is 7.63. The molecule has 0 aliphatic rings. The molecule has 0 saturated heterocycles. The molecule has 0 fully saturated rings. The minimum absolute atomic E-state index is 0.544. The fraction of sp³-hybridized carbons (Fsp3) is 0.200. The van der Waals surface area contributed by atoms with E-state index in [1.165, 1.54) is 0 Å². The van der Waals surface area contributed by atoms with Gasteiger partial charge in [0.15, 0.2) is 6.04 Å². The third-order valence-corrected chi connectivity index (χ3v) is 1.82. The number of aliphatic carboxylic acids is 1. The SMILES string of the molecule is O=C(Nc1ccccc1)NC(CO)C(=O)O. The van der Waals surface area contributed by atoms with Crippen LogP contribution in [0.5, 0.6) is 0 Å². The highest BCUT2D eigenvalue weighted by atomic mass is 16.4. The normalized spacial score (nSPS) is 11.6. The zero-order valence-electron chi connectivity index (χ0n) is 8.38.